The molecule has 1 amide bonds. The molecule has 2 aromatic carbocycles. The van der Waals surface area contributed by atoms with E-state index in [1.165, 1.54) is 54.1 Å². The lowest BCUT2D eigenvalue weighted by molar-refractivity contribution is 0.0996. The maximum atomic E-state index is 13.1. The van der Waals surface area contributed by atoms with Gasteiger partial charge in [0.1, 0.15) is 0 Å². The quantitative estimate of drug-likeness (QED) is 0.279. The largest absolute Gasteiger partial charge is 0.383 e. The standard InChI is InChI=1S/C24H30BrN3O6S2/c1-4-34-16-13-28-21-10-7-19(25)17-22(21)35-24(28)26-23(29)18-5-8-20(9-6-18)36(30,31)27(11-14-32-2)12-15-33-3/h5-10,17H,4,11-16H2,1-3H3. The third kappa shape index (κ3) is 7.09. The number of thiazole rings is 1. The average Bonchev–Trinajstić information content (AvgIpc) is 3.19. The zero-order chi connectivity index (χ0) is 26.1. The molecule has 3 rings (SSSR count). The van der Waals surface area contributed by atoms with Gasteiger partial charge >= 0.3 is 0 Å². The number of fused-ring (bicyclic) bond motifs is 1. The number of aromatic nitrogens is 1. The SMILES string of the molecule is CCOCCn1c(=NC(=O)c2ccc(S(=O)(=O)N(CCOC)CCOC)cc2)sc2cc(Br)ccc21. The minimum Gasteiger partial charge on any atom is -0.383 e. The maximum absolute atomic E-state index is 13.1. The fraction of sp³-hybridized carbons (Fsp3) is 0.417. The molecular weight excluding hydrogens is 570 g/mol. The van der Waals surface area contributed by atoms with Crippen molar-refractivity contribution in [2.24, 2.45) is 4.99 Å². The summed E-state index contributed by atoms with van der Waals surface area (Å²) in [4.78, 5) is 18.0. The van der Waals surface area contributed by atoms with Gasteiger partial charge in [0, 0.05) is 50.5 Å². The molecule has 0 radical (unpaired) electrons. The van der Waals surface area contributed by atoms with E-state index in [-0.39, 0.29) is 31.2 Å². The van der Waals surface area contributed by atoms with E-state index in [0.29, 0.717) is 30.1 Å². The number of amides is 1. The lowest BCUT2D eigenvalue weighted by Gasteiger charge is -2.21. The van der Waals surface area contributed by atoms with E-state index in [2.05, 4.69) is 20.9 Å². The maximum Gasteiger partial charge on any atom is 0.279 e. The van der Waals surface area contributed by atoms with E-state index >= 15 is 0 Å². The Morgan fingerprint density at radius 1 is 1.06 bits per heavy atom. The Morgan fingerprint density at radius 3 is 2.33 bits per heavy atom. The molecule has 196 valence electrons. The van der Waals surface area contributed by atoms with Crippen molar-refractivity contribution >= 4 is 53.4 Å². The summed E-state index contributed by atoms with van der Waals surface area (Å²) in [6.45, 7) is 4.49. The summed E-state index contributed by atoms with van der Waals surface area (Å²) in [6.07, 6.45) is 0. The van der Waals surface area contributed by atoms with Crippen LogP contribution in [-0.4, -0.2) is 76.9 Å². The van der Waals surface area contributed by atoms with Crippen LogP contribution in [0.5, 0.6) is 0 Å². The average molecular weight is 601 g/mol. The van der Waals surface area contributed by atoms with Gasteiger partial charge < -0.3 is 18.8 Å². The molecule has 0 aliphatic heterocycles. The fourth-order valence-electron chi connectivity index (χ4n) is 3.46. The van der Waals surface area contributed by atoms with Crippen LogP contribution in [-0.2, 0) is 30.8 Å². The molecule has 1 aromatic heterocycles. The Kier molecular flexibility index (Phi) is 10.8. The number of carbonyl (C=O) groups is 1. The minimum absolute atomic E-state index is 0.0877. The first-order valence-corrected chi connectivity index (χ1v) is 14.4. The molecule has 0 aliphatic rings. The van der Waals surface area contributed by atoms with Crippen molar-refractivity contribution in [1.82, 2.24) is 8.87 Å². The Bertz CT molecular complexity index is 1330. The van der Waals surface area contributed by atoms with Crippen molar-refractivity contribution in [2.45, 2.75) is 18.4 Å². The second kappa shape index (κ2) is 13.6. The predicted octanol–water partition coefficient (Wildman–Crippen LogP) is 3.53. The van der Waals surface area contributed by atoms with E-state index < -0.39 is 15.9 Å². The number of hydrogen-bond donors (Lipinski definition) is 0. The van der Waals surface area contributed by atoms with Crippen LogP contribution >= 0.6 is 27.3 Å². The van der Waals surface area contributed by atoms with Gasteiger partial charge in [-0.1, -0.05) is 27.3 Å². The van der Waals surface area contributed by atoms with Gasteiger partial charge in [-0.2, -0.15) is 9.30 Å². The number of methoxy groups -OCH3 is 2. The van der Waals surface area contributed by atoms with E-state index in [4.69, 9.17) is 14.2 Å². The molecule has 0 bridgehead atoms. The zero-order valence-electron chi connectivity index (χ0n) is 20.5. The number of halogens is 1. The first-order valence-electron chi connectivity index (χ1n) is 11.4. The number of nitrogens with zero attached hydrogens (tertiary/aromatic N) is 3. The third-order valence-electron chi connectivity index (χ3n) is 5.33. The lowest BCUT2D eigenvalue weighted by atomic mass is 10.2. The van der Waals surface area contributed by atoms with Crippen LogP contribution < -0.4 is 4.80 Å². The van der Waals surface area contributed by atoms with Gasteiger partial charge in [0.15, 0.2) is 4.80 Å². The molecule has 3 aromatic rings. The number of benzene rings is 2. The van der Waals surface area contributed by atoms with Crippen molar-refractivity contribution in [2.75, 3.05) is 53.7 Å². The van der Waals surface area contributed by atoms with Crippen LogP contribution in [0.4, 0.5) is 0 Å². The molecule has 36 heavy (non-hydrogen) atoms. The van der Waals surface area contributed by atoms with Crippen LogP contribution in [0.1, 0.15) is 17.3 Å². The van der Waals surface area contributed by atoms with Crippen LogP contribution in [0, 0.1) is 0 Å². The zero-order valence-corrected chi connectivity index (χ0v) is 23.7. The predicted molar refractivity (Wildman–Crippen MR) is 143 cm³/mol. The number of ether oxygens (including phenoxy) is 3. The highest BCUT2D eigenvalue weighted by molar-refractivity contribution is 9.10. The molecule has 9 nitrogen and oxygen atoms in total. The molecule has 0 spiro atoms. The second-order valence-electron chi connectivity index (χ2n) is 7.68. The lowest BCUT2D eigenvalue weighted by Crippen LogP contribution is -2.36. The van der Waals surface area contributed by atoms with E-state index in [0.717, 1.165) is 14.7 Å². The highest BCUT2D eigenvalue weighted by Gasteiger charge is 2.24. The molecule has 0 atom stereocenters. The van der Waals surface area contributed by atoms with E-state index in [9.17, 15) is 13.2 Å². The molecule has 12 heteroatoms. The van der Waals surface area contributed by atoms with Gasteiger partial charge in [-0.3, -0.25) is 4.79 Å². The van der Waals surface area contributed by atoms with Crippen molar-refractivity contribution in [3.63, 3.8) is 0 Å². The third-order valence-corrected chi connectivity index (χ3v) is 8.78. The highest BCUT2D eigenvalue weighted by atomic mass is 79.9. The first-order chi connectivity index (χ1) is 17.3. The fourth-order valence-corrected chi connectivity index (χ4v) is 6.47. The van der Waals surface area contributed by atoms with Crippen LogP contribution in [0.3, 0.4) is 0 Å². The van der Waals surface area contributed by atoms with Gasteiger partial charge in [0.05, 0.1) is 34.9 Å². The van der Waals surface area contributed by atoms with Gasteiger partial charge in [0.25, 0.3) is 5.91 Å². The Morgan fingerprint density at radius 2 is 1.72 bits per heavy atom. The number of sulfonamides is 1. The Labute approximate surface area is 223 Å². The first kappa shape index (κ1) is 28.6. The summed E-state index contributed by atoms with van der Waals surface area (Å²) in [7, 11) is -0.747. The molecule has 0 fully saturated rings. The smallest absolute Gasteiger partial charge is 0.279 e. The van der Waals surface area contributed by atoms with Gasteiger partial charge in [-0.05, 0) is 49.4 Å². The summed E-state index contributed by atoms with van der Waals surface area (Å²) in [5.74, 6) is -0.453. The molecule has 0 aliphatic carbocycles. The van der Waals surface area contributed by atoms with Gasteiger partial charge in [0.2, 0.25) is 10.0 Å². The van der Waals surface area contributed by atoms with Crippen LogP contribution in [0.15, 0.2) is 56.8 Å². The number of rotatable bonds is 13. The Hall–Kier alpha value is -1.93. The Balaban J connectivity index is 1.90. The summed E-state index contributed by atoms with van der Waals surface area (Å²) >= 11 is 4.90. The highest BCUT2D eigenvalue weighted by Crippen LogP contribution is 2.22. The normalized spacial score (nSPS) is 12.6. The second-order valence-corrected chi connectivity index (χ2v) is 11.5. The molecule has 0 unspecified atom stereocenters. The summed E-state index contributed by atoms with van der Waals surface area (Å²) in [5, 5.41) is 0. The molecule has 0 N–H and O–H groups in total. The molecule has 1 heterocycles. The van der Waals surface area contributed by atoms with Crippen molar-refractivity contribution < 1.29 is 27.4 Å². The molecule has 0 saturated heterocycles. The van der Waals surface area contributed by atoms with Gasteiger partial charge in [-0.25, -0.2) is 8.42 Å². The minimum atomic E-state index is -3.78. The van der Waals surface area contributed by atoms with Crippen molar-refractivity contribution in [3.05, 3.63) is 57.3 Å². The topological polar surface area (TPSA) is 99.4 Å². The van der Waals surface area contributed by atoms with E-state index in [1.807, 2.05) is 29.7 Å². The van der Waals surface area contributed by atoms with Gasteiger partial charge in [-0.15, -0.1) is 0 Å². The van der Waals surface area contributed by atoms with Crippen LogP contribution in [0.25, 0.3) is 10.2 Å². The summed E-state index contributed by atoms with van der Waals surface area (Å²) < 4.78 is 47.0. The van der Waals surface area contributed by atoms with Crippen molar-refractivity contribution in [1.29, 1.82) is 0 Å². The number of hydrogen-bond acceptors (Lipinski definition) is 7. The number of carbonyl (C=O) groups excluding carboxylic acids is 1. The summed E-state index contributed by atoms with van der Waals surface area (Å²) in [6, 6.07) is 11.7. The molecule has 0 saturated carbocycles. The summed E-state index contributed by atoms with van der Waals surface area (Å²) in [5.41, 5.74) is 1.26. The molecular formula is C24H30BrN3O6S2. The van der Waals surface area contributed by atoms with Crippen molar-refractivity contribution in [3.8, 4) is 0 Å². The monoisotopic (exact) mass is 599 g/mol. The van der Waals surface area contributed by atoms with Crippen LogP contribution in [0.2, 0.25) is 0 Å². The van der Waals surface area contributed by atoms with E-state index in [1.54, 1.807) is 0 Å².